The molecule has 0 unspecified atom stereocenters. The summed E-state index contributed by atoms with van der Waals surface area (Å²) in [4.78, 5) is 22.1. The first-order chi connectivity index (χ1) is 16.1. The van der Waals surface area contributed by atoms with Gasteiger partial charge in [-0.15, -0.1) is 0 Å². The summed E-state index contributed by atoms with van der Waals surface area (Å²) in [6.07, 6.45) is 0.264. The van der Waals surface area contributed by atoms with Crippen LogP contribution in [0, 0.1) is 0 Å². The molecule has 5 rings (SSSR count). The van der Waals surface area contributed by atoms with Crippen LogP contribution < -0.4 is 5.32 Å². The van der Waals surface area contributed by atoms with Crippen LogP contribution in [0.4, 0.5) is 10.1 Å². The molecule has 0 bridgehead atoms. The predicted octanol–water partition coefficient (Wildman–Crippen LogP) is 6.25. The first-order valence-electron chi connectivity index (χ1n) is 11.0. The van der Waals surface area contributed by atoms with E-state index in [0.29, 0.717) is 43.1 Å². The Balaban J connectivity index is 1.44. The van der Waals surface area contributed by atoms with E-state index < -0.39 is 6.17 Å². The largest absolute Gasteiger partial charge is 0.356 e. The van der Waals surface area contributed by atoms with Crippen molar-refractivity contribution in [3.63, 3.8) is 0 Å². The normalized spacial score (nSPS) is 15.8. The fraction of sp³-hybridized carbons (Fsp3) is 0.231. The van der Waals surface area contributed by atoms with Gasteiger partial charge in [-0.3, -0.25) is 4.79 Å². The van der Waals surface area contributed by atoms with Crippen molar-refractivity contribution >= 4 is 40.8 Å². The SMILES string of the molecule is O=C(NCc1cccc(Cl)c1)c1ccc2c(c1)N=C(N1CCC(F)CC1)c1ccccc1S2. The monoisotopic (exact) mass is 479 g/mol. The highest BCUT2D eigenvalue weighted by atomic mass is 35.5. The third kappa shape index (κ3) is 4.92. The quantitative estimate of drug-likeness (QED) is 0.483. The maximum Gasteiger partial charge on any atom is 0.251 e. The molecule has 2 aliphatic heterocycles. The zero-order valence-corrected chi connectivity index (χ0v) is 19.5. The number of likely N-dealkylation sites (tertiary alicyclic amines) is 1. The number of benzene rings is 3. The minimum absolute atomic E-state index is 0.167. The lowest BCUT2D eigenvalue weighted by Crippen LogP contribution is -2.39. The number of hydrogen-bond acceptors (Lipinski definition) is 4. The molecule has 1 amide bonds. The second-order valence-corrected chi connectivity index (χ2v) is 9.71. The van der Waals surface area contributed by atoms with E-state index in [1.165, 1.54) is 0 Å². The van der Waals surface area contributed by atoms with Gasteiger partial charge in [0.25, 0.3) is 5.91 Å². The second-order valence-electron chi connectivity index (χ2n) is 8.19. The van der Waals surface area contributed by atoms with Gasteiger partial charge in [0.2, 0.25) is 0 Å². The lowest BCUT2D eigenvalue weighted by molar-refractivity contribution is 0.0951. The third-order valence-electron chi connectivity index (χ3n) is 5.86. The molecular weight excluding hydrogens is 457 g/mol. The molecule has 3 aromatic rings. The molecule has 1 saturated heterocycles. The summed E-state index contributed by atoms with van der Waals surface area (Å²) in [5, 5.41) is 3.60. The molecule has 0 aromatic heterocycles. The molecule has 3 aromatic carbocycles. The highest BCUT2D eigenvalue weighted by Crippen LogP contribution is 2.41. The molecule has 0 radical (unpaired) electrons. The van der Waals surface area contributed by atoms with E-state index >= 15 is 0 Å². The lowest BCUT2D eigenvalue weighted by atomic mass is 10.1. The van der Waals surface area contributed by atoms with E-state index in [9.17, 15) is 9.18 Å². The van der Waals surface area contributed by atoms with E-state index in [0.717, 1.165) is 32.4 Å². The van der Waals surface area contributed by atoms with Gasteiger partial charge in [-0.1, -0.05) is 53.7 Å². The maximum absolute atomic E-state index is 13.8. The van der Waals surface area contributed by atoms with Crippen molar-refractivity contribution in [3.8, 4) is 0 Å². The molecule has 4 nitrogen and oxygen atoms in total. The summed E-state index contributed by atoms with van der Waals surface area (Å²) in [6.45, 7) is 1.66. The molecule has 0 spiro atoms. The van der Waals surface area contributed by atoms with Crippen LogP contribution >= 0.6 is 23.4 Å². The molecule has 1 N–H and O–H groups in total. The van der Waals surface area contributed by atoms with E-state index in [1.807, 2.05) is 48.5 Å². The number of amidine groups is 1. The summed E-state index contributed by atoms with van der Waals surface area (Å²) in [6, 6.07) is 21.2. The second kappa shape index (κ2) is 9.57. The van der Waals surface area contributed by atoms with Crippen molar-refractivity contribution in [1.29, 1.82) is 0 Å². The van der Waals surface area contributed by atoms with Gasteiger partial charge in [0.05, 0.1) is 5.69 Å². The zero-order valence-electron chi connectivity index (χ0n) is 17.9. The molecule has 7 heteroatoms. The number of nitrogens with one attached hydrogen (secondary N) is 1. The Morgan fingerprint density at radius 2 is 1.88 bits per heavy atom. The topological polar surface area (TPSA) is 44.7 Å². The number of rotatable bonds is 3. The van der Waals surface area contributed by atoms with Gasteiger partial charge in [-0.25, -0.2) is 9.38 Å². The predicted molar refractivity (Wildman–Crippen MR) is 132 cm³/mol. The summed E-state index contributed by atoms with van der Waals surface area (Å²) in [5.41, 5.74) is 3.29. The van der Waals surface area contributed by atoms with Gasteiger partial charge in [0.15, 0.2) is 0 Å². The van der Waals surface area contributed by atoms with Crippen molar-refractivity contribution in [2.75, 3.05) is 13.1 Å². The van der Waals surface area contributed by atoms with Gasteiger partial charge in [0, 0.05) is 45.6 Å². The van der Waals surface area contributed by atoms with E-state index in [2.05, 4.69) is 22.3 Å². The number of piperidine rings is 1. The summed E-state index contributed by atoms with van der Waals surface area (Å²) in [5.74, 6) is 0.680. The number of nitrogens with zero attached hydrogens (tertiary/aromatic N) is 2. The van der Waals surface area contributed by atoms with Gasteiger partial charge in [-0.05, 0) is 54.8 Å². The number of carbonyl (C=O) groups excluding carboxylic acids is 1. The number of aliphatic imine (C=N–C) groups is 1. The van der Waals surface area contributed by atoms with Crippen LogP contribution in [0.1, 0.15) is 34.3 Å². The van der Waals surface area contributed by atoms with E-state index in [-0.39, 0.29) is 5.91 Å². The van der Waals surface area contributed by atoms with Crippen molar-refractivity contribution in [3.05, 3.63) is 88.4 Å². The van der Waals surface area contributed by atoms with Crippen LogP contribution in [-0.4, -0.2) is 35.9 Å². The molecule has 168 valence electrons. The third-order valence-corrected chi connectivity index (χ3v) is 7.24. The highest BCUT2D eigenvalue weighted by molar-refractivity contribution is 7.99. The van der Waals surface area contributed by atoms with E-state index in [4.69, 9.17) is 16.6 Å². The first-order valence-corrected chi connectivity index (χ1v) is 12.2. The average Bonchev–Trinajstić information content (AvgIpc) is 2.99. The maximum atomic E-state index is 13.8. The Kier molecular flexibility index (Phi) is 6.38. The van der Waals surface area contributed by atoms with Crippen molar-refractivity contribution in [2.45, 2.75) is 35.3 Å². The Hall–Kier alpha value is -2.83. The molecule has 2 heterocycles. The fourth-order valence-electron chi connectivity index (χ4n) is 4.10. The smallest absolute Gasteiger partial charge is 0.251 e. The standard InChI is InChI=1S/C26H23ClFN3OS/c27-19-5-3-4-17(14-19)16-29-26(32)18-8-9-24-22(15-18)30-25(31-12-10-20(28)11-13-31)21-6-1-2-7-23(21)33-24/h1-9,14-15,20H,10-13,16H2,(H,29,32). The van der Waals surface area contributed by atoms with Crippen LogP contribution in [0.15, 0.2) is 81.5 Å². The Morgan fingerprint density at radius 1 is 1.06 bits per heavy atom. The Morgan fingerprint density at radius 3 is 2.70 bits per heavy atom. The van der Waals surface area contributed by atoms with E-state index in [1.54, 1.807) is 17.8 Å². The first kappa shape index (κ1) is 22.0. The van der Waals surface area contributed by atoms with Gasteiger partial charge >= 0.3 is 0 Å². The average molecular weight is 480 g/mol. The van der Waals surface area contributed by atoms with Crippen LogP contribution in [0.2, 0.25) is 5.02 Å². The minimum atomic E-state index is -0.751. The summed E-state index contributed by atoms with van der Waals surface area (Å²) < 4.78 is 13.8. The number of carbonyl (C=O) groups is 1. The zero-order chi connectivity index (χ0) is 22.8. The van der Waals surface area contributed by atoms with Crippen molar-refractivity contribution in [2.24, 2.45) is 4.99 Å². The fourth-order valence-corrected chi connectivity index (χ4v) is 5.31. The molecule has 0 atom stereocenters. The molecule has 1 fully saturated rings. The van der Waals surface area contributed by atoms with Crippen LogP contribution in [0.25, 0.3) is 0 Å². The highest BCUT2D eigenvalue weighted by Gasteiger charge is 2.26. The van der Waals surface area contributed by atoms with Crippen molar-refractivity contribution < 1.29 is 9.18 Å². The van der Waals surface area contributed by atoms with Crippen LogP contribution in [0.3, 0.4) is 0 Å². The number of alkyl halides is 1. The number of hydrogen-bond donors (Lipinski definition) is 1. The Labute approximate surface area is 201 Å². The minimum Gasteiger partial charge on any atom is -0.356 e. The molecule has 33 heavy (non-hydrogen) atoms. The van der Waals surface area contributed by atoms with Gasteiger partial charge in [0.1, 0.15) is 12.0 Å². The number of fused-ring (bicyclic) bond motifs is 2. The van der Waals surface area contributed by atoms with Crippen LogP contribution in [-0.2, 0) is 6.54 Å². The molecule has 0 aliphatic carbocycles. The summed E-state index contributed by atoms with van der Waals surface area (Å²) in [7, 11) is 0. The number of amides is 1. The lowest BCUT2D eigenvalue weighted by Gasteiger charge is -2.31. The van der Waals surface area contributed by atoms with Crippen LogP contribution in [0.5, 0.6) is 0 Å². The summed E-state index contributed by atoms with van der Waals surface area (Å²) >= 11 is 7.68. The molecule has 0 saturated carbocycles. The number of halogens is 2. The van der Waals surface area contributed by atoms with Gasteiger partial charge < -0.3 is 10.2 Å². The molecule has 2 aliphatic rings. The Bertz CT molecular complexity index is 1220. The van der Waals surface area contributed by atoms with Crippen molar-refractivity contribution in [1.82, 2.24) is 10.2 Å². The van der Waals surface area contributed by atoms with Gasteiger partial charge in [-0.2, -0.15) is 0 Å². The molecular formula is C26H23ClFN3OS.